The maximum Gasteiger partial charge on any atom is 0.193 e. The van der Waals surface area contributed by atoms with Gasteiger partial charge in [-0.1, -0.05) is 55.5 Å². The van der Waals surface area contributed by atoms with Gasteiger partial charge in [0, 0.05) is 33.6 Å². The molecule has 7 nitrogen and oxygen atoms in total. The number of aliphatic hydroxyl groups excluding tert-OH is 2. The van der Waals surface area contributed by atoms with E-state index in [9.17, 15) is 19.8 Å². The Morgan fingerprint density at radius 2 is 1.98 bits per heavy atom. The Hall–Kier alpha value is -3.61. The first-order valence-corrected chi connectivity index (χ1v) is 15.3. The first kappa shape index (κ1) is 29.1. The van der Waals surface area contributed by atoms with Gasteiger partial charge in [0.25, 0.3) is 0 Å². The first-order valence-electron chi connectivity index (χ1n) is 15.3. The van der Waals surface area contributed by atoms with Crippen molar-refractivity contribution in [3.63, 3.8) is 0 Å². The lowest BCUT2D eigenvalue weighted by atomic mass is 9.46. The quantitative estimate of drug-likeness (QED) is 0.354. The number of nitrogens with two attached hydrogens (primary N) is 1. The summed E-state index contributed by atoms with van der Waals surface area (Å²) in [5.74, 6) is 4.48. The third-order valence-electron chi connectivity index (χ3n) is 11.3. The molecule has 2 aromatic carbocycles. The normalized spacial score (nSPS) is 38.5. The second-order valence-electron chi connectivity index (χ2n) is 13.4. The fourth-order valence-electron chi connectivity index (χ4n) is 9.41. The van der Waals surface area contributed by atoms with Gasteiger partial charge in [0.15, 0.2) is 23.5 Å². The molecule has 4 aliphatic carbocycles. The molecule has 0 bridgehead atoms. The molecule has 8 heteroatoms. The van der Waals surface area contributed by atoms with Gasteiger partial charge in [-0.15, -0.1) is 0 Å². The van der Waals surface area contributed by atoms with Crippen LogP contribution in [0.5, 0.6) is 0 Å². The molecule has 5 aliphatic rings. The molecule has 0 radical (unpaired) electrons. The number of hydrogen-bond acceptors (Lipinski definition) is 7. The molecule has 44 heavy (non-hydrogen) atoms. The summed E-state index contributed by atoms with van der Waals surface area (Å²) in [6.45, 7) is 3.28. The Morgan fingerprint density at radius 1 is 1.18 bits per heavy atom. The Bertz CT molecular complexity index is 1690. The van der Waals surface area contributed by atoms with Crippen molar-refractivity contribution >= 4 is 17.3 Å². The maximum atomic E-state index is 15.9. The van der Waals surface area contributed by atoms with Crippen LogP contribution in [-0.2, 0) is 19.1 Å². The van der Waals surface area contributed by atoms with E-state index >= 15 is 4.39 Å². The lowest BCUT2D eigenvalue weighted by Gasteiger charge is -2.59. The van der Waals surface area contributed by atoms with Gasteiger partial charge < -0.3 is 25.4 Å². The minimum Gasteiger partial charge on any atom is -0.399 e. The number of anilines is 1. The molecular weight excluding hydrogens is 561 g/mol. The van der Waals surface area contributed by atoms with E-state index < -0.39 is 53.1 Å². The molecule has 1 heterocycles. The standard InChI is InChI=1S/C36H36FNO6/c1-34-14-13-24(40)16-22(34)11-12-25-27-17-30-36(29(42)19-39,35(27,2)18-28(41)31(25)34)44-33(43-30)26-8-4-6-21(32(26)37)10-9-20-5-3-7-23(38)15-20/h3-8,13-16,25,27-28,30-31,33,39,41H,11-12,17-19,38H2,1-2H3/t25-,27?,28-,30+,31?,33+,34-,35-,36+/m0/s1. The SMILES string of the molecule is C[C@]12C=CC(=O)C=C1CC[C@@H]1C2[C@@H](O)C[C@@]2(C)C1C[C@H]1O[C@@H](c3cccc(C#Cc4cccc(N)c4)c3F)O[C@]12C(=O)CO. The van der Waals surface area contributed by atoms with Crippen molar-refractivity contribution in [1.29, 1.82) is 0 Å². The third-order valence-corrected chi connectivity index (χ3v) is 11.3. The number of benzene rings is 2. The zero-order chi connectivity index (χ0) is 31.0. The fraction of sp³-hybridized carbons (Fsp3) is 0.444. The van der Waals surface area contributed by atoms with E-state index in [1.165, 1.54) is 0 Å². The zero-order valence-electron chi connectivity index (χ0n) is 24.8. The first-order chi connectivity index (χ1) is 21.0. The van der Waals surface area contributed by atoms with Crippen LogP contribution in [0.1, 0.15) is 62.5 Å². The number of hydrogen-bond donors (Lipinski definition) is 3. The van der Waals surface area contributed by atoms with Crippen molar-refractivity contribution in [3.05, 3.63) is 88.8 Å². The van der Waals surface area contributed by atoms with Gasteiger partial charge >= 0.3 is 0 Å². The number of carbonyl (C=O) groups is 2. The number of ether oxygens (including phenoxy) is 2. The van der Waals surface area contributed by atoms with Crippen LogP contribution in [0.25, 0.3) is 0 Å². The molecule has 0 amide bonds. The largest absolute Gasteiger partial charge is 0.399 e. The van der Waals surface area contributed by atoms with Gasteiger partial charge in [-0.2, -0.15) is 0 Å². The highest BCUT2D eigenvalue weighted by atomic mass is 19.1. The number of halogens is 1. The summed E-state index contributed by atoms with van der Waals surface area (Å²) in [6.07, 6.45) is 4.71. The Morgan fingerprint density at radius 3 is 2.75 bits per heavy atom. The van der Waals surface area contributed by atoms with Crippen molar-refractivity contribution in [2.75, 3.05) is 12.3 Å². The Balaban J connectivity index is 1.23. The molecular formula is C36H36FNO6. The van der Waals surface area contributed by atoms with Crippen LogP contribution in [-0.4, -0.2) is 46.2 Å². The summed E-state index contributed by atoms with van der Waals surface area (Å²) < 4.78 is 28.9. The highest BCUT2D eigenvalue weighted by molar-refractivity contribution is 6.01. The summed E-state index contributed by atoms with van der Waals surface area (Å²) in [7, 11) is 0. The smallest absolute Gasteiger partial charge is 0.193 e. The van der Waals surface area contributed by atoms with Gasteiger partial charge in [0.1, 0.15) is 12.4 Å². The average molecular weight is 598 g/mol. The highest BCUT2D eigenvalue weighted by Gasteiger charge is 2.76. The number of carbonyl (C=O) groups excluding carboxylic acids is 2. The lowest BCUT2D eigenvalue weighted by Crippen LogP contribution is -2.63. The van der Waals surface area contributed by atoms with Gasteiger partial charge in [-0.05, 0) is 73.9 Å². The minimum atomic E-state index is -1.56. The fourth-order valence-corrected chi connectivity index (χ4v) is 9.41. The van der Waals surface area contributed by atoms with Gasteiger partial charge in [0.2, 0.25) is 0 Å². The molecule has 228 valence electrons. The Kier molecular flexibility index (Phi) is 6.76. The van der Waals surface area contributed by atoms with Gasteiger partial charge in [0.05, 0.1) is 17.8 Å². The van der Waals surface area contributed by atoms with Crippen LogP contribution in [0.15, 0.2) is 66.3 Å². The predicted octanol–water partition coefficient (Wildman–Crippen LogP) is 4.41. The molecule has 0 spiro atoms. The second kappa shape index (κ2) is 10.2. The molecule has 9 atom stereocenters. The average Bonchev–Trinajstić information content (AvgIpc) is 3.49. The minimum absolute atomic E-state index is 0.0331. The second-order valence-corrected chi connectivity index (χ2v) is 13.4. The van der Waals surface area contributed by atoms with Crippen molar-refractivity contribution < 1.29 is 33.7 Å². The summed E-state index contributed by atoms with van der Waals surface area (Å²) in [4.78, 5) is 25.9. The van der Waals surface area contributed by atoms with Crippen LogP contribution < -0.4 is 5.73 Å². The van der Waals surface area contributed by atoms with Crippen LogP contribution in [0, 0.1) is 46.2 Å². The molecule has 2 unspecified atom stereocenters. The van der Waals surface area contributed by atoms with Crippen LogP contribution >= 0.6 is 0 Å². The zero-order valence-corrected chi connectivity index (χ0v) is 24.8. The molecule has 4 N–H and O–H groups in total. The monoisotopic (exact) mass is 597 g/mol. The van der Waals surface area contributed by atoms with Crippen molar-refractivity contribution in [1.82, 2.24) is 0 Å². The van der Waals surface area contributed by atoms with Crippen molar-refractivity contribution in [3.8, 4) is 11.8 Å². The van der Waals surface area contributed by atoms with Crippen LogP contribution in [0.3, 0.4) is 0 Å². The van der Waals surface area contributed by atoms with E-state index in [0.29, 0.717) is 17.7 Å². The lowest BCUT2D eigenvalue weighted by molar-refractivity contribution is -0.201. The van der Waals surface area contributed by atoms with E-state index in [1.807, 2.05) is 13.0 Å². The predicted molar refractivity (Wildman–Crippen MR) is 160 cm³/mol. The molecule has 4 fully saturated rings. The number of allylic oxidation sites excluding steroid dienone is 4. The topological polar surface area (TPSA) is 119 Å². The van der Waals surface area contributed by atoms with E-state index in [4.69, 9.17) is 15.2 Å². The molecule has 3 saturated carbocycles. The third kappa shape index (κ3) is 4.03. The van der Waals surface area contributed by atoms with Gasteiger partial charge in [-0.3, -0.25) is 9.59 Å². The van der Waals surface area contributed by atoms with Crippen LogP contribution in [0.4, 0.5) is 10.1 Å². The molecule has 0 aromatic heterocycles. The van der Waals surface area contributed by atoms with E-state index in [2.05, 4.69) is 18.8 Å². The number of ketones is 2. The Labute approximate surface area is 255 Å². The number of fused-ring (bicyclic) bond motifs is 7. The highest BCUT2D eigenvalue weighted by Crippen LogP contribution is 2.70. The summed E-state index contributed by atoms with van der Waals surface area (Å²) in [5.41, 5.74) is 5.45. The molecule has 2 aromatic rings. The summed E-state index contributed by atoms with van der Waals surface area (Å²) >= 11 is 0. The van der Waals surface area contributed by atoms with Gasteiger partial charge in [-0.25, -0.2) is 4.39 Å². The number of rotatable bonds is 3. The summed E-state index contributed by atoms with van der Waals surface area (Å²) in [5, 5.41) is 22.0. The molecule has 7 rings (SSSR count). The molecule has 1 saturated heterocycles. The van der Waals surface area contributed by atoms with E-state index in [0.717, 1.165) is 18.4 Å². The van der Waals surface area contributed by atoms with Crippen LogP contribution in [0.2, 0.25) is 0 Å². The number of Topliss-reactive ketones (excluding diaryl/α,β-unsaturated/α-hetero) is 1. The van der Waals surface area contributed by atoms with Crippen molar-refractivity contribution in [2.45, 2.75) is 63.6 Å². The summed E-state index contributed by atoms with van der Waals surface area (Å²) in [6, 6.07) is 11.8. The maximum absolute atomic E-state index is 15.9. The number of aliphatic hydroxyl groups is 2. The van der Waals surface area contributed by atoms with E-state index in [1.54, 1.807) is 54.6 Å². The van der Waals surface area contributed by atoms with Crippen molar-refractivity contribution in [2.24, 2.45) is 28.6 Å². The van der Waals surface area contributed by atoms with E-state index in [-0.39, 0.29) is 41.1 Å². The number of nitrogen functional groups attached to an aromatic ring is 1. The molecule has 1 aliphatic heterocycles.